The molecule has 26 heavy (non-hydrogen) atoms. The molecule has 4 rings (SSSR count). The minimum Gasteiger partial charge on any atom is -0.487 e. The highest BCUT2D eigenvalue weighted by atomic mass is 127. The van der Waals surface area contributed by atoms with Gasteiger partial charge in [0.25, 0.3) is 0 Å². The van der Waals surface area contributed by atoms with Crippen molar-refractivity contribution in [1.82, 2.24) is 0 Å². The van der Waals surface area contributed by atoms with Crippen LogP contribution < -0.4 is 9.47 Å². The lowest BCUT2D eigenvalue weighted by atomic mass is 9.59. The summed E-state index contributed by atoms with van der Waals surface area (Å²) in [5, 5.41) is 0. The topological polar surface area (TPSA) is 44.8 Å². The van der Waals surface area contributed by atoms with Gasteiger partial charge in [0, 0.05) is 29.3 Å². The fourth-order valence-corrected chi connectivity index (χ4v) is 5.76. The normalized spacial score (nSPS) is 33.7. The Balaban J connectivity index is 1.88. The van der Waals surface area contributed by atoms with Crippen LogP contribution in [0.15, 0.2) is 6.07 Å². The highest BCUT2D eigenvalue weighted by Crippen LogP contribution is 2.57. The number of carbonyl (C=O) groups excluding carboxylic acids is 1. The molecular weight excluding hydrogens is 443 g/mol. The Morgan fingerprint density at radius 3 is 2.50 bits per heavy atom. The van der Waals surface area contributed by atoms with Crippen molar-refractivity contribution in [2.75, 3.05) is 0 Å². The van der Waals surface area contributed by atoms with Crippen molar-refractivity contribution in [2.24, 2.45) is 11.3 Å². The summed E-state index contributed by atoms with van der Waals surface area (Å²) in [6.07, 6.45) is 3.08. The monoisotopic (exact) mass is 470 g/mol. The third-order valence-electron chi connectivity index (χ3n) is 6.52. The zero-order valence-electron chi connectivity index (χ0n) is 16.4. The standard InChI is InChI=1S/C21H27IO4/c1-11-9-13-12(17-16(11)18(23)26-20(4,5)25-17)10-14-19(2,3)15(22)7-8-21(14,6)24-13/h9,14-15H,7-8,10H2,1-6H3/t14-,15-,21-/m1/s1. The third-order valence-corrected chi connectivity index (χ3v) is 8.75. The van der Waals surface area contributed by atoms with Crippen molar-refractivity contribution in [1.29, 1.82) is 0 Å². The highest BCUT2D eigenvalue weighted by Gasteiger charge is 2.55. The van der Waals surface area contributed by atoms with Gasteiger partial charge in [0.2, 0.25) is 5.79 Å². The quantitative estimate of drug-likeness (QED) is 0.297. The number of carbonyl (C=O) groups is 1. The molecule has 0 bridgehead atoms. The number of ether oxygens (including phenoxy) is 3. The van der Waals surface area contributed by atoms with E-state index >= 15 is 0 Å². The van der Waals surface area contributed by atoms with Crippen molar-refractivity contribution in [3.63, 3.8) is 0 Å². The van der Waals surface area contributed by atoms with Crippen LogP contribution in [0.3, 0.4) is 0 Å². The molecule has 0 spiro atoms. The van der Waals surface area contributed by atoms with E-state index < -0.39 is 5.79 Å². The van der Waals surface area contributed by atoms with E-state index in [1.807, 2.05) is 13.0 Å². The first kappa shape index (κ1) is 18.4. The molecule has 5 heteroatoms. The molecule has 1 aromatic carbocycles. The molecule has 1 aliphatic carbocycles. The molecule has 2 aliphatic heterocycles. The van der Waals surface area contributed by atoms with Crippen LogP contribution in [0.2, 0.25) is 0 Å². The molecule has 1 aromatic rings. The first-order valence-electron chi connectivity index (χ1n) is 9.36. The minimum atomic E-state index is -0.958. The second-order valence-corrected chi connectivity index (χ2v) is 10.8. The maximum absolute atomic E-state index is 12.6. The molecule has 3 atom stereocenters. The second kappa shape index (κ2) is 5.52. The fraction of sp³-hybridized carbons (Fsp3) is 0.667. The van der Waals surface area contributed by atoms with E-state index in [0.717, 1.165) is 36.1 Å². The van der Waals surface area contributed by atoms with Crippen LogP contribution in [-0.4, -0.2) is 21.3 Å². The Morgan fingerprint density at radius 1 is 1.12 bits per heavy atom. The Kier molecular flexibility index (Phi) is 3.90. The molecule has 0 radical (unpaired) electrons. The maximum atomic E-state index is 12.6. The Bertz CT molecular complexity index is 798. The summed E-state index contributed by atoms with van der Waals surface area (Å²) in [6.45, 7) is 12.4. The fourth-order valence-electron chi connectivity index (χ4n) is 5.01. The molecule has 0 saturated heterocycles. The summed E-state index contributed by atoms with van der Waals surface area (Å²) in [6, 6.07) is 1.99. The van der Waals surface area contributed by atoms with Crippen molar-refractivity contribution >= 4 is 28.6 Å². The molecule has 3 aliphatic rings. The van der Waals surface area contributed by atoms with Crippen LogP contribution in [-0.2, 0) is 11.2 Å². The first-order valence-corrected chi connectivity index (χ1v) is 10.6. The largest absolute Gasteiger partial charge is 0.487 e. The van der Waals surface area contributed by atoms with Crippen LogP contribution in [0.25, 0.3) is 0 Å². The number of cyclic esters (lactones) is 1. The molecule has 142 valence electrons. The van der Waals surface area contributed by atoms with Gasteiger partial charge in [-0.05, 0) is 50.2 Å². The van der Waals surface area contributed by atoms with Gasteiger partial charge in [0.15, 0.2) is 0 Å². The molecule has 0 aromatic heterocycles. The summed E-state index contributed by atoms with van der Waals surface area (Å²) in [5.74, 6) is 0.636. The van der Waals surface area contributed by atoms with Crippen LogP contribution in [0.1, 0.15) is 68.9 Å². The number of hydrogen-bond acceptors (Lipinski definition) is 4. The summed E-state index contributed by atoms with van der Waals surface area (Å²) in [4.78, 5) is 12.6. The van der Waals surface area contributed by atoms with Gasteiger partial charge in [-0.15, -0.1) is 0 Å². The van der Waals surface area contributed by atoms with Crippen molar-refractivity contribution in [2.45, 2.75) is 76.1 Å². The van der Waals surface area contributed by atoms with Gasteiger partial charge in [-0.1, -0.05) is 36.4 Å². The summed E-state index contributed by atoms with van der Waals surface area (Å²) >= 11 is 2.59. The van der Waals surface area contributed by atoms with E-state index in [9.17, 15) is 4.79 Å². The second-order valence-electron chi connectivity index (χ2n) is 9.26. The van der Waals surface area contributed by atoms with E-state index in [2.05, 4.69) is 43.4 Å². The summed E-state index contributed by atoms with van der Waals surface area (Å²) in [7, 11) is 0. The lowest BCUT2D eigenvalue weighted by Gasteiger charge is -2.55. The highest BCUT2D eigenvalue weighted by molar-refractivity contribution is 14.1. The van der Waals surface area contributed by atoms with E-state index in [0.29, 0.717) is 21.2 Å². The number of hydrogen-bond donors (Lipinski definition) is 0. The lowest BCUT2D eigenvalue weighted by Crippen LogP contribution is -2.57. The Hall–Kier alpha value is -0.980. The molecular formula is C21H27IO4. The van der Waals surface area contributed by atoms with Crippen molar-refractivity contribution in [3.8, 4) is 11.5 Å². The SMILES string of the molecule is Cc1cc2c(c3c1C(=O)OC(C)(C)O3)C[C@@H]1C(C)(C)[C@H](I)CC[C@@]1(C)O2. The number of benzene rings is 1. The van der Waals surface area contributed by atoms with Gasteiger partial charge in [-0.2, -0.15) is 0 Å². The molecule has 0 N–H and O–H groups in total. The van der Waals surface area contributed by atoms with E-state index in [1.165, 1.54) is 0 Å². The average Bonchev–Trinajstić information content (AvgIpc) is 2.48. The average molecular weight is 470 g/mol. The predicted molar refractivity (Wildman–Crippen MR) is 108 cm³/mol. The number of halogens is 1. The Labute approximate surface area is 169 Å². The lowest BCUT2D eigenvalue weighted by molar-refractivity contribution is -0.129. The first-order chi connectivity index (χ1) is 11.9. The van der Waals surface area contributed by atoms with Gasteiger partial charge in [0.05, 0.1) is 0 Å². The van der Waals surface area contributed by atoms with Crippen LogP contribution in [0.4, 0.5) is 0 Å². The number of rotatable bonds is 0. The smallest absolute Gasteiger partial charge is 0.345 e. The maximum Gasteiger partial charge on any atom is 0.345 e. The molecule has 1 fully saturated rings. The minimum absolute atomic E-state index is 0.147. The van der Waals surface area contributed by atoms with Gasteiger partial charge in [0.1, 0.15) is 22.7 Å². The van der Waals surface area contributed by atoms with Gasteiger partial charge < -0.3 is 14.2 Å². The molecule has 0 amide bonds. The number of alkyl halides is 1. The molecule has 2 heterocycles. The number of esters is 1. The molecule has 1 saturated carbocycles. The predicted octanol–water partition coefficient (Wildman–Crippen LogP) is 5.21. The summed E-state index contributed by atoms with van der Waals surface area (Å²) in [5.41, 5.74) is 2.39. The molecule has 0 unspecified atom stereocenters. The number of fused-ring (bicyclic) bond motifs is 4. The zero-order chi connectivity index (χ0) is 19.1. The van der Waals surface area contributed by atoms with Gasteiger partial charge >= 0.3 is 5.97 Å². The van der Waals surface area contributed by atoms with Gasteiger partial charge in [-0.25, -0.2) is 4.79 Å². The molecule has 4 nitrogen and oxygen atoms in total. The van der Waals surface area contributed by atoms with Crippen molar-refractivity contribution in [3.05, 3.63) is 22.8 Å². The van der Waals surface area contributed by atoms with Crippen LogP contribution >= 0.6 is 22.6 Å². The van der Waals surface area contributed by atoms with Gasteiger partial charge in [-0.3, -0.25) is 0 Å². The third kappa shape index (κ3) is 2.56. The van der Waals surface area contributed by atoms with E-state index in [4.69, 9.17) is 14.2 Å². The zero-order valence-corrected chi connectivity index (χ0v) is 18.5. The van der Waals surface area contributed by atoms with E-state index in [-0.39, 0.29) is 17.0 Å². The number of aryl methyl sites for hydroxylation is 1. The summed E-state index contributed by atoms with van der Waals surface area (Å²) < 4.78 is 18.8. The van der Waals surface area contributed by atoms with Crippen LogP contribution in [0.5, 0.6) is 11.5 Å². The van der Waals surface area contributed by atoms with Crippen LogP contribution in [0, 0.1) is 18.3 Å². The van der Waals surface area contributed by atoms with Crippen molar-refractivity contribution < 1.29 is 19.0 Å². The Morgan fingerprint density at radius 2 is 1.81 bits per heavy atom. The van der Waals surface area contributed by atoms with E-state index in [1.54, 1.807) is 13.8 Å².